The predicted octanol–water partition coefficient (Wildman–Crippen LogP) is 2.28. The van der Waals surface area contributed by atoms with E-state index in [1.165, 1.54) is 32.1 Å². The highest BCUT2D eigenvalue weighted by molar-refractivity contribution is 7.99. The van der Waals surface area contributed by atoms with Gasteiger partial charge in [-0.3, -0.25) is 0 Å². The van der Waals surface area contributed by atoms with E-state index in [9.17, 15) is 0 Å². The zero-order valence-electron chi connectivity index (χ0n) is 10.6. The number of nitrogens with zero attached hydrogens (tertiary/aromatic N) is 4. The van der Waals surface area contributed by atoms with Crippen LogP contribution in [0.4, 0.5) is 0 Å². The van der Waals surface area contributed by atoms with Crippen LogP contribution in [0.1, 0.15) is 44.9 Å². The Morgan fingerprint density at radius 3 is 2.83 bits per heavy atom. The molecule has 5 nitrogen and oxygen atoms in total. The molecule has 1 aromatic rings. The molecule has 0 N–H and O–H groups in total. The molecule has 0 aromatic carbocycles. The van der Waals surface area contributed by atoms with Gasteiger partial charge in [0.25, 0.3) is 0 Å². The van der Waals surface area contributed by atoms with Gasteiger partial charge in [0.2, 0.25) is 5.16 Å². The lowest BCUT2D eigenvalue weighted by Gasteiger charge is -2.20. The van der Waals surface area contributed by atoms with Crippen LogP contribution in [0, 0.1) is 0 Å². The van der Waals surface area contributed by atoms with Gasteiger partial charge in [0.05, 0.1) is 12.6 Å². The summed E-state index contributed by atoms with van der Waals surface area (Å²) in [6.07, 6.45) is 9.30. The summed E-state index contributed by atoms with van der Waals surface area (Å²) in [4.78, 5) is 0. The maximum atomic E-state index is 5.65. The van der Waals surface area contributed by atoms with E-state index in [0.717, 1.165) is 31.1 Å². The molecule has 3 rings (SSSR count). The normalized spacial score (nSPS) is 25.7. The van der Waals surface area contributed by atoms with E-state index in [0.29, 0.717) is 11.4 Å². The van der Waals surface area contributed by atoms with Crippen LogP contribution >= 0.6 is 11.8 Å². The Morgan fingerprint density at radius 1 is 1.17 bits per heavy atom. The quantitative estimate of drug-likeness (QED) is 0.838. The second kappa shape index (κ2) is 6.02. The first-order valence-electron chi connectivity index (χ1n) is 6.96. The van der Waals surface area contributed by atoms with Crippen LogP contribution in [0.25, 0.3) is 0 Å². The van der Waals surface area contributed by atoms with Crippen molar-refractivity contribution in [1.82, 2.24) is 20.2 Å². The molecule has 0 bridgehead atoms. The van der Waals surface area contributed by atoms with Crippen molar-refractivity contribution in [2.24, 2.45) is 0 Å². The van der Waals surface area contributed by atoms with Crippen LogP contribution < -0.4 is 0 Å². The second-order valence-electron chi connectivity index (χ2n) is 5.16. The van der Waals surface area contributed by atoms with Crippen molar-refractivity contribution < 1.29 is 4.74 Å². The fourth-order valence-electron chi connectivity index (χ4n) is 2.71. The maximum absolute atomic E-state index is 5.65. The summed E-state index contributed by atoms with van der Waals surface area (Å²) in [5, 5.41) is 13.7. The van der Waals surface area contributed by atoms with E-state index in [1.807, 2.05) is 16.4 Å². The highest BCUT2D eigenvalue weighted by Crippen LogP contribution is 2.32. The van der Waals surface area contributed by atoms with Crippen LogP contribution in [0.3, 0.4) is 0 Å². The molecule has 100 valence electrons. The first kappa shape index (κ1) is 12.4. The third-order valence-electron chi connectivity index (χ3n) is 3.72. The number of tetrazole rings is 1. The lowest BCUT2D eigenvalue weighted by atomic mass is 10.0. The largest absolute Gasteiger partial charge is 0.376 e. The SMILES string of the molecule is C1CCC(Sc2nnnn2C[C@H]2CCCO2)CC1. The highest BCUT2D eigenvalue weighted by atomic mass is 32.2. The number of hydrogen-bond acceptors (Lipinski definition) is 5. The Hall–Kier alpha value is -0.620. The molecule has 1 aromatic heterocycles. The molecule has 2 fully saturated rings. The lowest BCUT2D eigenvalue weighted by molar-refractivity contribution is 0.0911. The zero-order chi connectivity index (χ0) is 12.2. The molecule has 0 radical (unpaired) electrons. The van der Waals surface area contributed by atoms with E-state index in [4.69, 9.17) is 4.74 Å². The molecule has 6 heteroatoms. The van der Waals surface area contributed by atoms with Crippen molar-refractivity contribution in [3.63, 3.8) is 0 Å². The van der Waals surface area contributed by atoms with Gasteiger partial charge in [-0.1, -0.05) is 31.0 Å². The van der Waals surface area contributed by atoms with Crippen molar-refractivity contribution in [1.29, 1.82) is 0 Å². The standard InChI is InChI=1S/C12H20N4OS/c1-2-6-11(7-3-1)18-12-13-14-15-16(12)9-10-5-4-8-17-10/h10-11H,1-9H2/t10-/m1/s1. The van der Waals surface area contributed by atoms with Crippen molar-refractivity contribution in [2.45, 2.75) is 68.0 Å². The van der Waals surface area contributed by atoms with Gasteiger partial charge in [-0.25, -0.2) is 4.68 Å². The Bertz CT molecular complexity index is 372. The summed E-state index contributed by atoms with van der Waals surface area (Å²) < 4.78 is 7.57. The van der Waals surface area contributed by atoms with Crippen molar-refractivity contribution >= 4 is 11.8 Å². The molecular formula is C12H20N4OS. The smallest absolute Gasteiger partial charge is 0.209 e. The molecule has 0 amide bonds. The summed E-state index contributed by atoms with van der Waals surface area (Å²) in [5.74, 6) is 0. The fourth-order valence-corrected chi connectivity index (χ4v) is 3.89. The molecule has 0 unspecified atom stereocenters. The zero-order valence-corrected chi connectivity index (χ0v) is 11.4. The van der Waals surface area contributed by atoms with Crippen LogP contribution in [0.5, 0.6) is 0 Å². The molecular weight excluding hydrogens is 248 g/mol. The van der Waals surface area contributed by atoms with Gasteiger partial charge in [0.15, 0.2) is 0 Å². The van der Waals surface area contributed by atoms with Gasteiger partial charge in [-0.15, -0.1) is 5.10 Å². The number of aromatic nitrogens is 4. The number of thioether (sulfide) groups is 1. The molecule has 1 saturated heterocycles. The van der Waals surface area contributed by atoms with Crippen molar-refractivity contribution in [2.75, 3.05) is 6.61 Å². The minimum Gasteiger partial charge on any atom is -0.376 e. The Labute approximate surface area is 112 Å². The third kappa shape index (κ3) is 3.03. The van der Waals surface area contributed by atoms with Crippen LogP contribution in [0.2, 0.25) is 0 Å². The Morgan fingerprint density at radius 2 is 2.06 bits per heavy atom. The van der Waals surface area contributed by atoms with Gasteiger partial charge in [0, 0.05) is 11.9 Å². The Kier molecular flexibility index (Phi) is 4.15. The lowest BCUT2D eigenvalue weighted by Crippen LogP contribution is -2.18. The molecule has 1 saturated carbocycles. The minimum absolute atomic E-state index is 0.305. The highest BCUT2D eigenvalue weighted by Gasteiger charge is 2.21. The molecule has 18 heavy (non-hydrogen) atoms. The molecule has 1 aliphatic heterocycles. The van der Waals surface area contributed by atoms with E-state index >= 15 is 0 Å². The van der Waals surface area contributed by atoms with Crippen LogP contribution in [0.15, 0.2) is 5.16 Å². The summed E-state index contributed by atoms with van der Waals surface area (Å²) in [6, 6.07) is 0. The summed E-state index contributed by atoms with van der Waals surface area (Å²) in [7, 11) is 0. The van der Waals surface area contributed by atoms with Gasteiger partial charge in [-0.2, -0.15) is 0 Å². The van der Waals surface area contributed by atoms with Crippen molar-refractivity contribution in [3.05, 3.63) is 0 Å². The first-order valence-corrected chi connectivity index (χ1v) is 7.84. The average Bonchev–Trinajstić information content (AvgIpc) is 3.04. The van der Waals surface area contributed by atoms with Crippen LogP contribution in [-0.2, 0) is 11.3 Å². The Balaban J connectivity index is 1.59. The summed E-state index contributed by atoms with van der Waals surface area (Å²) >= 11 is 1.85. The fraction of sp³-hybridized carbons (Fsp3) is 0.917. The number of rotatable bonds is 4. The van der Waals surface area contributed by atoms with Gasteiger partial charge in [-0.05, 0) is 36.1 Å². The molecule has 1 atom stereocenters. The summed E-state index contributed by atoms with van der Waals surface area (Å²) in [5.41, 5.74) is 0. The van der Waals surface area contributed by atoms with E-state index in [2.05, 4.69) is 15.5 Å². The summed E-state index contributed by atoms with van der Waals surface area (Å²) in [6.45, 7) is 1.69. The van der Waals surface area contributed by atoms with Gasteiger partial charge < -0.3 is 4.74 Å². The van der Waals surface area contributed by atoms with Gasteiger partial charge >= 0.3 is 0 Å². The van der Waals surface area contributed by atoms with Crippen molar-refractivity contribution in [3.8, 4) is 0 Å². The van der Waals surface area contributed by atoms with Gasteiger partial charge in [0.1, 0.15) is 0 Å². The minimum atomic E-state index is 0.305. The molecule has 0 spiro atoms. The average molecular weight is 268 g/mol. The topological polar surface area (TPSA) is 52.8 Å². The number of hydrogen-bond donors (Lipinski definition) is 0. The van der Waals surface area contributed by atoms with Crippen LogP contribution in [-0.4, -0.2) is 38.2 Å². The predicted molar refractivity (Wildman–Crippen MR) is 69.5 cm³/mol. The second-order valence-corrected chi connectivity index (χ2v) is 6.42. The molecule has 1 aliphatic carbocycles. The molecule has 2 aliphatic rings. The third-order valence-corrected chi connectivity index (χ3v) is 5.03. The first-order chi connectivity index (χ1) is 8.92. The van der Waals surface area contributed by atoms with E-state index in [1.54, 1.807) is 0 Å². The number of ether oxygens (including phenoxy) is 1. The van der Waals surface area contributed by atoms with E-state index < -0.39 is 0 Å². The van der Waals surface area contributed by atoms with E-state index in [-0.39, 0.29) is 0 Å². The molecule has 2 heterocycles. The maximum Gasteiger partial charge on any atom is 0.209 e. The monoisotopic (exact) mass is 268 g/mol.